The fraction of sp³-hybridized carbons (Fsp3) is 0.294. The number of fused-ring (bicyclic) bond motifs is 1. The Morgan fingerprint density at radius 1 is 1.21 bits per heavy atom. The van der Waals surface area contributed by atoms with Gasteiger partial charge in [0.05, 0.1) is 10.2 Å². The zero-order valence-corrected chi connectivity index (χ0v) is 15.8. The Labute approximate surface area is 162 Å². The second kappa shape index (κ2) is 7.23. The van der Waals surface area contributed by atoms with Gasteiger partial charge in [-0.3, -0.25) is 4.79 Å². The minimum absolute atomic E-state index is 0.307. The van der Waals surface area contributed by atoms with Crippen LogP contribution in [0.2, 0.25) is 0 Å². The second-order valence-corrected chi connectivity index (χ2v) is 7.61. The molecule has 0 aliphatic heterocycles. The lowest BCUT2D eigenvalue weighted by molar-refractivity contribution is -0.140. The van der Waals surface area contributed by atoms with Crippen LogP contribution in [0.5, 0.6) is 0 Å². The Hall–Kier alpha value is -2.95. The Morgan fingerprint density at radius 3 is 2.68 bits per heavy atom. The van der Waals surface area contributed by atoms with Crippen LogP contribution in [0.25, 0.3) is 21.6 Å². The van der Waals surface area contributed by atoms with E-state index >= 15 is 0 Å². The molecule has 11 heteroatoms. The molecule has 148 valence electrons. The van der Waals surface area contributed by atoms with E-state index in [1.165, 1.54) is 37.4 Å². The third-order valence-corrected chi connectivity index (χ3v) is 4.62. The summed E-state index contributed by atoms with van der Waals surface area (Å²) < 4.78 is 37.8. The monoisotopic (exact) mass is 410 g/mol. The highest BCUT2D eigenvalue weighted by Crippen LogP contribution is 2.28. The molecule has 0 fully saturated rings. The predicted molar refractivity (Wildman–Crippen MR) is 102 cm³/mol. The summed E-state index contributed by atoms with van der Waals surface area (Å²) >= 11 is 1.34. The van der Waals surface area contributed by atoms with E-state index in [1.807, 2.05) is 11.4 Å². The number of amides is 1. The van der Waals surface area contributed by atoms with E-state index < -0.39 is 24.2 Å². The molecular formula is C17H17F3N6OS. The van der Waals surface area contributed by atoms with Crippen molar-refractivity contribution in [1.82, 2.24) is 20.3 Å². The maximum absolute atomic E-state index is 12.3. The van der Waals surface area contributed by atoms with Gasteiger partial charge in [0, 0.05) is 11.8 Å². The summed E-state index contributed by atoms with van der Waals surface area (Å²) in [5.41, 5.74) is 5.89. The average molecular weight is 410 g/mol. The van der Waals surface area contributed by atoms with Crippen molar-refractivity contribution in [2.24, 2.45) is 0 Å². The topological polar surface area (TPSA) is 106 Å². The van der Waals surface area contributed by atoms with Gasteiger partial charge >= 0.3 is 6.18 Å². The van der Waals surface area contributed by atoms with Crippen LogP contribution in [-0.4, -0.2) is 39.1 Å². The van der Waals surface area contributed by atoms with Crippen molar-refractivity contribution in [2.75, 3.05) is 17.6 Å². The summed E-state index contributed by atoms with van der Waals surface area (Å²) in [6.45, 7) is 1.53. The molecule has 2 heterocycles. The van der Waals surface area contributed by atoms with E-state index in [4.69, 9.17) is 5.73 Å². The van der Waals surface area contributed by atoms with Crippen LogP contribution in [0, 0.1) is 0 Å². The lowest BCUT2D eigenvalue weighted by Gasteiger charge is -2.26. The number of hydrogen-bond acceptors (Lipinski definition) is 7. The lowest BCUT2D eigenvalue weighted by atomic mass is 10.0. The molecule has 3 rings (SSSR count). The maximum Gasteiger partial charge on any atom is 0.405 e. The highest BCUT2D eigenvalue weighted by atomic mass is 32.1. The van der Waals surface area contributed by atoms with Crippen LogP contribution in [0.4, 0.5) is 24.1 Å². The summed E-state index contributed by atoms with van der Waals surface area (Å²) in [5, 5.41) is 5.16. The molecule has 0 saturated carbocycles. The average Bonchev–Trinajstić information content (AvgIpc) is 2.98. The number of hydrogen-bond donors (Lipinski definition) is 3. The van der Waals surface area contributed by atoms with Gasteiger partial charge in [-0.25, -0.2) is 15.0 Å². The van der Waals surface area contributed by atoms with Crippen molar-refractivity contribution in [3.8, 4) is 11.4 Å². The smallest absolute Gasteiger partial charge is 0.375 e. The SMILES string of the molecule is CC(C)(Nc1ccnc(-c2ccc3nc(N)sc3c2)n1)C(=O)NCC(F)(F)F. The minimum Gasteiger partial charge on any atom is -0.375 e. The molecular weight excluding hydrogens is 393 g/mol. The van der Waals surface area contributed by atoms with Gasteiger partial charge in [-0.05, 0) is 38.1 Å². The first-order valence-electron chi connectivity index (χ1n) is 8.16. The number of thiazole rings is 1. The molecule has 0 aliphatic carbocycles. The molecule has 0 bridgehead atoms. The number of carbonyl (C=O) groups is 1. The number of rotatable bonds is 5. The van der Waals surface area contributed by atoms with Crippen LogP contribution in [0.15, 0.2) is 30.5 Å². The number of nitrogens with one attached hydrogen (secondary N) is 2. The number of nitrogens with zero attached hydrogens (tertiary/aromatic N) is 3. The third-order valence-electron chi connectivity index (χ3n) is 3.78. The summed E-state index contributed by atoms with van der Waals surface area (Å²) in [7, 11) is 0. The van der Waals surface area contributed by atoms with Crippen LogP contribution in [0.1, 0.15) is 13.8 Å². The fourth-order valence-electron chi connectivity index (χ4n) is 2.43. The van der Waals surface area contributed by atoms with Crippen LogP contribution in [-0.2, 0) is 4.79 Å². The van der Waals surface area contributed by atoms with Crippen molar-refractivity contribution in [1.29, 1.82) is 0 Å². The van der Waals surface area contributed by atoms with Gasteiger partial charge in [0.25, 0.3) is 0 Å². The Morgan fingerprint density at radius 2 is 1.96 bits per heavy atom. The Kier molecular flexibility index (Phi) is 5.11. The van der Waals surface area contributed by atoms with Crippen molar-refractivity contribution < 1.29 is 18.0 Å². The molecule has 0 spiro atoms. The number of carbonyl (C=O) groups excluding carboxylic acids is 1. The molecule has 2 aromatic heterocycles. The summed E-state index contributed by atoms with van der Waals surface area (Å²) in [6, 6.07) is 6.98. The Balaban J connectivity index is 1.79. The van der Waals surface area contributed by atoms with E-state index in [2.05, 4.69) is 20.3 Å². The van der Waals surface area contributed by atoms with Crippen molar-refractivity contribution >= 4 is 38.4 Å². The van der Waals surface area contributed by atoms with Gasteiger partial charge in [0.2, 0.25) is 5.91 Å². The molecule has 0 aliphatic rings. The van der Waals surface area contributed by atoms with Crippen LogP contribution >= 0.6 is 11.3 Å². The molecule has 0 atom stereocenters. The molecule has 28 heavy (non-hydrogen) atoms. The largest absolute Gasteiger partial charge is 0.405 e. The molecule has 3 aromatic rings. The number of anilines is 2. The first-order chi connectivity index (χ1) is 13.0. The highest BCUT2D eigenvalue weighted by Gasteiger charge is 2.33. The quantitative estimate of drug-likeness (QED) is 0.597. The van der Waals surface area contributed by atoms with Gasteiger partial charge in [-0.2, -0.15) is 13.2 Å². The normalized spacial score (nSPS) is 12.2. The number of halogens is 3. The van der Waals surface area contributed by atoms with Gasteiger partial charge in [-0.1, -0.05) is 11.3 Å². The fourth-order valence-corrected chi connectivity index (χ4v) is 3.20. The summed E-state index contributed by atoms with van der Waals surface area (Å²) in [6.07, 6.45) is -2.98. The van der Waals surface area contributed by atoms with E-state index in [0.29, 0.717) is 16.8 Å². The minimum atomic E-state index is -4.48. The number of nitrogens with two attached hydrogens (primary N) is 1. The van der Waals surface area contributed by atoms with E-state index in [9.17, 15) is 18.0 Å². The first-order valence-corrected chi connectivity index (χ1v) is 8.98. The molecule has 0 unspecified atom stereocenters. The lowest BCUT2D eigenvalue weighted by Crippen LogP contribution is -2.50. The predicted octanol–water partition coefficient (Wildman–Crippen LogP) is 3.20. The third kappa shape index (κ3) is 4.66. The second-order valence-electron chi connectivity index (χ2n) is 6.55. The molecule has 0 radical (unpaired) electrons. The van der Waals surface area contributed by atoms with Crippen molar-refractivity contribution in [3.05, 3.63) is 30.5 Å². The standard InChI is InChI=1S/C17H17F3N6OS/c1-16(2,14(27)23-8-17(18,19)20)26-12-5-6-22-13(25-12)9-3-4-10-11(7-9)28-15(21)24-10/h3-7H,8H2,1-2H3,(H2,21,24)(H,23,27)(H,22,25,26). The van der Waals surface area contributed by atoms with Crippen molar-refractivity contribution in [3.63, 3.8) is 0 Å². The number of benzene rings is 1. The molecule has 1 amide bonds. The first kappa shape index (κ1) is 19.8. The van der Waals surface area contributed by atoms with Gasteiger partial charge < -0.3 is 16.4 Å². The van der Waals surface area contributed by atoms with Crippen molar-refractivity contribution in [2.45, 2.75) is 25.6 Å². The number of alkyl halides is 3. The number of aromatic nitrogens is 3. The zero-order valence-electron chi connectivity index (χ0n) is 15.0. The number of nitrogen functional groups attached to an aromatic ring is 1. The molecule has 1 aromatic carbocycles. The van der Waals surface area contributed by atoms with E-state index in [0.717, 1.165) is 15.8 Å². The zero-order chi connectivity index (χ0) is 20.5. The highest BCUT2D eigenvalue weighted by molar-refractivity contribution is 7.22. The van der Waals surface area contributed by atoms with Crippen LogP contribution in [0.3, 0.4) is 0 Å². The maximum atomic E-state index is 12.3. The van der Waals surface area contributed by atoms with Crippen LogP contribution < -0.4 is 16.4 Å². The summed E-state index contributed by atoms with van der Waals surface area (Å²) in [4.78, 5) is 24.9. The van der Waals surface area contributed by atoms with Gasteiger partial charge in [0.15, 0.2) is 11.0 Å². The molecule has 4 N–H and O–H groups in total. The Bertz CT molecular complexity index is 1020. The molecule has 7 nitrogen and oxygen atoms in total. The van der Waals surface area contributed by atoms with Gasteiger partial charge in [0.1, 0.15) is 17.9 Å². The van der Waals surface area contributed by atoms with E-state index in [-0.39, 0.29) is 0 Å². The molecule has 0 saturated heterocycles. The van der Waals surface area contributed by atoms with Gasteiger partial charge in [-0.15, -0.1) is 0 Å². The van der Waals surface area contributed by atoms with E-state index in [1.54, 1.807) is 12.1 Å². The summed E-state index contributed by atoms with van der Waals surface area (Å²) in [5.74, 6) is -0.0991.